The molecule has 0 atom stereocenters. The Kier molecular flexibility index (Phi) is 3.73. The van der Waals surface area contributed by atoms with Crippen LogP contribution in [0.25, 0.3) is 11.4 Å². The Morgan fingerprint density at radius 3 is 2.63 bits per heavy atom. The minimum Gasteiger partial charge on any atom is -0.398 e. The van der Waals surface area contributed by atoms with Crippen molar-refractivity contribution in [1.82, 2.24) is 15.0 Å². The molecule has 0 unspecified atom stereocenters. The molecule has 0 fully saturated rings. The first kappa shape index (κ1) is 13.4. The summed E-state index contributed by atoms with van der Waals surface area (Å²) in [5.74, 6) is -0.653. The molecule has 98 valence electrons. The van der Waals surface area contributed by atoms with Gasteiger partial charge in [0.2, 0.25) is 5.91 Å². The van der Waals surface area contributed by atoms with Gasteiger partial charge in [0.15, 0.2) is 5.15 Å². The predicted octanol–water partition coefficient (Wildman–Crippen LogP) is 1.36. The molecule has 1 amide bonds. The van der Waals surface area contributed by atoms with Gasteiger partial charge in [-0.3, -0.25) is 4.79 Å². The number of benzene rings is 1. The van der Waals surface area contributed by atoms with Crippen LogP contribution in [-0.4, -0.2) is 20.9 Å². The van der Waals surface area contributed by atoms with E-state index in [0.717, 1.165) is 6.08 Å². The molecule has 0 radical (unpaired) electrons. The summed E-state index contributed by atoms with van der Waals surface area (Å²) in [6.07, 6.45) is 2.61. The van der Waals surface area contributed by atoms with Crippen LogP contribution in [0.4, 0.5) is 0 Å². The van der Waals surface area contributed by atoms with Crippen LogP contribution < -0.4 is 11.5 Å². The predicted molar refractivity (Wildman–Crippen MR) is 72.7 cm³/mol. The van der Waals surface area contributed by atoms with Crippen LogP contribution >= 0.6 is 23.2 Å². The van der Waals surface area contributed by atoms with E-state index < -0.39 is 5.91 Å². The maximum atomic E-state index is 10.9. The summed E-state index contributed by atoms with van der Waals surface area (Å²) in [4.78, 5) is 10.9. The van der Waals surface area contributed by atoms with E-state index in [4.69, 9.17) is 34.7 Å². The summed E-state index contributed by atoms with van der Waals surface area (Å²) < 4.78 is 1.43. The highest BCUT2D eigenvalue weighted by atomic mass is 35.5. The van der Waals surface area contributed by atoms with Crippen molar-refractivity contribution in [2.75, 3.05) is 0 Å². The van der Waals surface area contributed by atoms with Gasteiger partial charge in [0.05, 0.1) is 11.9 Å². The molecule has 0 aliphatic heterocycles. The van der Waals surface area contributed by atoms with Gasteiger partial charge in [-0.15, -0.1) is 5.10 Å². The van der Waals surface area contributed by atoms with Crippen LogP contribution in [0.2, 0.25) is 10.2 Å². The molecule has 0 saturated carbocycles. The lowest BCUT2D eigenvalue weighted by molar-refractivity contribution is -0.113. The number of hydrogen-bond donors (Lipinski definition) is 2. The van der Waals surface area contributed by atoms with Crippen LogP contribution in [-0.2, 0) is 4.79 Å². The second-order valence-electron chi connectivity index (χ2n) is 3.65. The number of nitrogens with two attached hydrogens (primary N) is 2. The second-order valence-corrected chi connectivity index (χ2v) is 4.47. The highest BCUT2D eigenvalue weighted by Crippen LogP contribution is 2.23. The summed E-state index contributed by atoms with van der Waals surface area (Å²) in [5, 5.41) is 8.20. The molecule has 6 nitrogen and oxygen atoms in total. The average Bonchev–Trinajstić information content (AvgIpc) is 2.74. The quantitative estimate of drug-likeness (QED) is 0.835. The Bertz CT molecular complexity index is 665. The summed E-state index contributed by atoms with van der Waals surface area (Å²) in [7, 11) is 0. The van der Waals surface area contributed by atoms with Crippen molar-refractivity contribution < 1.29 is 4.79 Å². The van der Waals surface area contributed by atoms with Crippen LogP contribution in [0.15, 0.2) is 30.5 Å². The van der Waals surface area contributed by atoms with Crippen molar-refractivity contribution in [3.63, 3.8) is 0 Å². The number of nitrogens with zero attached hydrogens (tertiary/aromatic N) is 3. The van der Waals surface area contributed by atoms with Crippen LogP contribution in [0.1, 0.15) is 5.56 Å². The van der Waals surface area contributed by atoms with Crippen molar-refractivity contribution in [3.05, 3.63) is 46.2 Å². The summed E-state index contributed by atoms with van der Waals surface area (Å²) in [5.41, 5.74) is 12.2. The molecule has 2 aromatic rings. The van der Waals surface area contributed by atoms with E-state index in [2.05, 4.69) is 10.3 Å². The van der Waals surface area contributed by atoms with Crippen molar-refractivity contribution in [3.8, 4) is 5.69 Å². The van der Waals surface area contributed by atoms with Gasteiger partial charge in [-0.2, -0.15) is 0 Å². The highest BCUT2D eigenvalue weighted by Gasteiger charge is 2.10. The zero-order chi connectivity index (χ0) is 14.0. The van der Waals surface area contributed by atoms with E-state index in [1.54, 1.807) is 18.2 Å². The molecule has 0 spiro atoms. The number of carbonyl (C=O) groups excluding carboxylic acids is 1. The standard InChI is InChI=1S/C11H9Cl2N5O/c12-6-1-2-9(18-5-10(13)16-17-18)7(3-6)8(14)4-11(15)19/h1-5H,14H2,(H2,15,19)/b8-4-. The zero-order valence-electron chi connectivity index (χ0n) is 9.55. The molecule has 1 aromatic heterocycles. The van der Waals surface area contributed by atoms with E-state index in [0.29, 0.717) is 16.3 Å². The van der Waals surface area contributed by atoms with Gasteiger partial charge >= 0.3 is 0 Å². The lowest BCUT2D eigenvalue weighted by Crippen LogP contribution is -2.11. The molecule has 1 heterocycles. The van der Waals surface area contributed by atoms with Gasteiger partial charge in [0.25, 0.3) is 0 Å². The first-order valence-corrected chi connectivity index (χ1v) is 5.87. The first-order chi connectivity index (χ1) is 8.97. The minimum atomic E-state index is -0.653. The molecular formula is C11H9Cl2N5O. The number of amides is 1. The van der Waals surface area contributed by atoms with Crippen LogP contribution in [0, 0.1) is 0 Å². The van der Waals surface area contributed by atoms with E-state index in [-0.39, 0.29) is 10.9 Å². The van der Waals surface area contributed by atoms with Gasteiger partial charge in [0, 0.05) is 22.4 Å². The Labute approximate surface area is 118 Å². The van der Waals surface area contributed by atoms with Crippen molar-refractivity contribution in [2.24, 2.45) is 11.5 Å². The fourth-order valence-electron chi connectivity index (χ4n) is 1.53. The van der Waals surface area contributed by atoms with E-state index >= 15 is 0 Å². The van der Waals surface area contributed by atoms with Gasteiger partial charge in [-0.1, -0.05) is 28.4 Å². The number of carbonyl (C=O) groups is 1. The molecule has 4 N–H and O–H groups in total. The largest absolute Gasteiger partial charge is 0.398 e. The van der Waals surface area contributed by atoms with E-state index in [1.807, 2.05) is 0 Å². The number of aromatic nitrogens is 3. The number of primary amides is 1. The molecule has 0 aliphatic rings. The first-order valence-electron chi connectivity index (χ1n) is 5.12. The molecule has 0 saturated heterocycles. The zero-order valence-corrected chi connectivity index (χ0v) is 11.1. The topological polar surface area (TPSA) is 99.8 Å². The monoisotopic (exact) mass is 297 g/mol. The maximum absolute atomic E-state index is 10.9. The number of hydrogen-bond acceptors (Lipinski definition) is 4. The lowest BCUT2D eigenvalue weighted by atomic mass is 10.1. The molecule has 2 rings (SSSR count). The summed E-state index contributed by atoms with van der Waals surface area (Å²) in [6.45, 7) is 0. The van der Waals surface area contributed by atoms with E-state index in [9.17, 15) is 4.79 Å². The second kappa shape index (κ2) is 5.29. The van der Waals surface area contributed by atoms with Crippen molar-refractivity contribution in [2.45, 2.75) is 0 Å². The van der Waals surface area contributed by atoms with Crippen molar-refractivity contribution in [1.29, 1.82) is 0 Å². The lowest BCUT2D eigenvalue weighted by Gasteiger charge is -2.09. The third-order valence-corrected chi connectivity index (χ3v) is 2.69. The molecule has 19 heavy (non-hydrogen) atoms. The van der Waals surface area contributed by atoms with Crippen LogP contribution in [0.3, 0.4) is 0 Å². The normalized spacial score (nSPS) is 11.6. The van der Waals surface area contributed by atoms with Crippen molar-refractivity contribution >= 4 is 34.8 Å². The highest BCUT2D eigenvalue weighted by molar-refractivity contribution is 6.31. The Morgan fingerprint density at radius 1 is 1.32 bits per heavy atom. The number of halogens is 2. The Morgan fingerprint density at radius 2 is 2.05 bits per heavy atom. The fourth-order valence-corrected chi connectivity index (χ4v) is 1.83. The maximum Gasteiger partial charge on any atom is 0.243 e. The smallest absolute Gasteiger partial charge is 0.243 e. The van der Waals surface area contributed by atoms with Crippen LogP contribution in [0.5, 0.6) is 0 Å². The molecule has 8 heteroatoms. The molecule has 1 aromatic carbocycles. The summed E-state index contributed by atoms with van der Waals surface area (Å²) in [6, 6.07) is 4.94. The Hall–Kier alpha value is -2.05. The summed E-state index contributed by atoms with van der Waals surface area (Å²) >= 11 is 11.6. The molecule has 0 aliphatic carbocycles. The average molecular weight is 298 g/mol. The van der Waals surface area contributed by atoms with Gasteiger partial charge in [-0.25, -0.2) is 4.68 Å². The van der Waals surface area contributed by atoms with Gasteiger partial charge < -0.3 is 11.5 Å². The SMILES string of the molecule is NC(=O)/C=C(\N)c1cc(Cl)ccc1-n1cc(Cl)nn1. The van der Waals surface area contributed by atoms with Gasteiger partial charge in [-0.05, 0) is 18.2 Å². The third-order valence-electron chi connectivity index (χ3n) is 2.28. The Balaban J connectivity index is 2.59. The number of rotatable bonds is 3. The van der Waals surface area contributed by atoms with E-state index in [1.165, 1.54) is 10.9 Å². The molecular weight excluding hydrogens is 289 g/mol. The minimum absolute atomic E-state index is 0.177. The third kappa shape index (κ3) is 3.04. The fraction of sp³-hybridized carbons (Fsp3) is 0. The van der Waals surface area contributed by atoms with Gasteiger partial charge in [0.1, 0.15) is 0 Å². The molecule has 0 bridgehead atoms.